The van der Waals surface area contributed by atoms with Crippen LogP contribution in [0.1, 0.15) is 31.4 Å². The molecule has 0 unspecified atom stereocenters. The van der Waals surface area contributed by atoms with Crippen molar-refractivity contribution in [2.75, 3.05) is 18.0 Å². The number of benzene rings is 1. The Hall–Kier alpha value is -1.13. The minimum absolute atomic E-state index is 0.258. The number of piperidine rings is 1. The molecular weight excluding hydrogens is 221 g/mol. The number of rotatable bonds is 2. The average molecular weight is 239 g/mol. The fraction of sp³-hybridized carbons (Fsp3) is 0.538. The van der Waals surface area contributed by atoms with Gasteiger partial charge in [0.1, 0.15) is 5.82 Å². The third-order valence-corrected chi connectivity index (χ3v) is 3.26. The number of hydrogen-bond acceptors (Lipinski definition) is 3. The van der Waals surface area contributed by atoms with Crippen molar-refractivity contribution in [3.63, 3.8) is 0 Å². The number of halogens is 1. The van der Waals surface area contributed by atoms with Crippen LogP contribution in [-0.2, 0) is 0 Å². The van der Waals surface area contributed by atoms with E-state index in [0.29, 0.717) is 37.2 Å². The molecule has 3 nitrogen and oxygen atoms in total. The molecule has 0 aromatic heterocycles. The zero-order valence-corrected chi connectivity index (χ0v) is 9.93. The second-order valence-electron chi connectivity index (χ2n) is 4.61. The Morgan fingerprint density at radius 2 is 2.00 bits per heavy atom. The number of aliphatic hydroxyl groups excluding tert-OH is 2. The summed E-state index contributed by atoms with van der Waals surface area (Å²) >= 11 is 0. The summed E-state index contributed by atoms with van der Waals surface area (Å²) in [6, 6.07) is 4.83. The molecular formula is C13H18FNO2. The molecule has 4 heteroatoms. The number of anilines is 1. The first-order chi connectivity index (χ1) is 8.08. The molecule has 1 aliphatic heterocycles. The lowest BCUT2D eigenvalue weighted by Crippen LogP contribution is -2.36. The molecule has 0 bridgehead atoms. The molecule has 1 aliphatic rings. The van der Waals surface area contributed by atoms with Gasteiger partial charge in [-0.05, 0) is 37.5 Å². The lowest BCUT2D eigenvalue weighted by molar-refractivity contribution is 0.145. The van der Waals surface area contributed by atoms with Crippen LogP contribution in [-0.4, -0.2) is 29.4 Å². The first-order valence-corrected chi connectivity index (χ1v) is 5.98. The molecule has 94 valence electrons. The van der Waals surface area contributed by atoms with Gasteiger partial charge < -0.3 is 15.1 Å². The first kappa shape index (κ1) is 12.3. The van der Waals surface area contributed by atoms with Gasteiger partial charge >= 0.3 is 0 Å². The molecule has 1 atom stereocenters. The molecule has 0 radical (unpaired) electrons. The van der Waals surface area contributed by atoms with Gasteiger partial charge in [0.15, 0.2) is 0 Å². The fourth-order valence-electron chi connectivity index (χ4n) is 2.15. The zero-order chi connectivity index (χ0) is 12.4. The molecule has 1 aromatic carbocycles. The minimum atomic E-state index is -0.651. The predicted molar refractivity (Wildman–Crippen MR) is 64.5 cm³/mol. The van der Waals surface area contributed by atoms with E-state index in [4.69, 9.17) is 0 Å². The largest absolute Gasteiger partial charge is 0.393 e. The number of nitrogens with zero attached hydrogens (tertiary/aromatic N) is 1. The molecule has 1 aromatic rings. The van der Waals surface area contributed by atoms with E-state index in [-0.39, 0.29) is 11.9 Å². The summed E-state index contributed by atoms with van der Waals surface area (Å²) in [5.74, 6) is -0.306. The van der Waals surface area contributed by atoms with Crippen molar-refractivity contribution in [2.45, 2.75) is 32.0 Å². The molecule has 1 fully saturated rings. The maximum Gasteiger partial charge on any atom is 0.146 e. The average Bonchev–Trinajstić information content (AvgIpc) is 2.30. The van der Waals surface area contributed by atoms with Gasteiger partial charge in [-0.1, -0.05) is 6.07 Å². The highest BCUT2D eigenvalue weighted by atomic mass is 19.1. The van der Waals surface area contributed by atoms with Gasteiger partial charge in [-0.15, -0.1) is 0 Å². The summed E-state index contributed by atoms with van der Waals surface area (Å²) in [5, 5.41) is 18.8. The van der Waals surface area contributed by atoms with Gasteiger partial charge in [0.2, 0.25) is 0 Å². The Kier molecular flexibility index (Phi) is 3.64. The topological polar surface area (TPSA) is 43.7 Å². The van der Waals surface area contributed by atoms with Gasteiger partial charge in [-0.2, -0.15) is 0 Å². The molecule has 17 heavy (non-hydrogen) atoms. The van der Waals surface area contributed by atoms with E-state index in [9.17, 15) is 14.6 Å². The molecule has 0 aliphatic carbocycles. The highest BCUT2D eigenvalue weighted by Crippen LogP contribution is 2.26. The Morgan fingerprint density at radius 1 is 1.35 bits per heavy atom. The van der Waals surface area contributed by atoms with Gasteiger partial charge in [0.25, 0.3) is 0 Å². The van der Waals surface area contributed by atoms with Gasteiger partial charge in [0, 0.05) is 13.1 Å². The Morgan fingerprint density at radius 3 is 2.53 bits per heavy atom. The second kappa shape index (κ2) is 5.02. The fourth-order valence-corrected chi connectivity index (χ4v) is 2.15. The van der Waals surface area contributed by atoms with Crippen LogP contribution >= 0.6 is 0 Å². The Labute approximate surface area is 100 Å². The van der Waals surface area contributed by atoms with Crippen molar-refractivity contribution in [3.05, 3.63) is 29.6 Å². The highest BCUT2D eigenvalue weighted by Gasteiger charge is 2.19. The van der Waals surface area contributed by atoms with E-state index in [1.165, 1.54) is 6.07 Å². The van der Waals surface area contributed by atoms with Crippen molar-refractivity contribution >= 4 is 5.69 Å². The smallest absolute Gasteiger partial charge is 0.146 e. The molecule has 0 spiro atoms. The molecule has 1 saturated heterocycles. The van der Waals surface area contributed by atoms with Crippen LogP contribution in [0.2, 0.25) is 0 Å². The summed E-state index contributed by atoms with van der Waals surface area (Å²) in [4.78, 5) is 1.94. The van der Waals surface area contributed by atoms with Crippen molar-refractivity contribution < 1.29 is 14.6 Å². The van der Waals surface area contributed by atoms with E-state index in [2.05, 4.69) is 0 Å². The maximum absolute atomic E-state index is 13.9. The van der Waals surface area contributed by atoms with E-state index in [0.717, 1.165) is 0 Å². The van der Waals surface area contributed by atoms with Gasteiger partial charge in [-0.25, -0.2) is 4.39 Å². The number of aliphatic hydroxyl groups is 2. The summed E-state index contributed by atoms with van der Waals surface area (Å²) in [6.07, 6.45) is 0.447. The van der Waals surface area contributed by atoms with Crippen LogP contribution in [0.4, 0.5) is 10.1 Å². The van der Waals surface area contributed by atoms with E-state index in [1.54, 1.807) is 19.1 Å². The maximum atomic E-state index is 13.9. The minimum Gasteiger partial charge on any atom is -0.393 e. The Balaban J connectivity index is 2.16. The molecule has 1 heterocycles. The van der Waals surface area contributed by atoms with Gasteiger partial charge in [0.05, 0.1) is 17.9 Å². The predicted octanol–water partition coefficient (Wildman–Crippen LogP) is 1.84. The van der Waals surface area contributed by atoms with Crippen LogP contribution in [0.25, 0.3) is 0 Å². The zero-order valence-electron chi connectivity index (χ0n) is 9.93. The third-order valence-electron chi connectivity index (χ3n) is 3.26. The Bertz CT molecular complexity index is 387. The third kappa shape index (κ3) is 2.76. The van der Waals surface area contributed by atoms with Gasteiger partial charge in [-0.3, -0.25) is 0 Å². The molecule has 0 saturated carbocycles. The first-order valence-electron chi connectivity index (χ1n) is 5.98. The second-order valence-corrected chi connectivity index (χ2v) is 4.61. The summed E-state index contributed by atoms with van der Waals surface area (Å²) in [7, 11) is 0. The van der Waals surface area contributed by atoms with E-state index in [1.807, 2.05) is 4.90 Å². The van der Waals surface area contributed by atoms with E-state index < -0.39 is 6.10 Å². The summed E-state index contributed by atoms with van der Waals surface area (Å²) < 4.78 is 13.9. The SMILES string of the molecule is C[C@H](O)c1ccc(N2CCC(O)CC2)c(F)c1. The summed E-state index contributed by atoms with van der Waals surface area (Å²) in [6.45, 7) is 2.96. The van der Waals surface area contributed by atoms with Crippen LogP contribution < -0.4 is 4.90 Å². The van der Waals surface area contributed by atoms with E-state index >= 15 is 0 Å². The lowest BCUT2D eigenvalue weighted by atomic mass is 10.1. The number of hydrogen-bond donors (Lipinski definition) is 2. The normalized spacial score (nSPS) is 19.4. The van der Waals surface area contributed by atoms with Crippen molar-refractivity contribution in [1.82, 2.24) is 0 Å². The summed E-state index contributed by atoms with van der Waals surface area (Å²) in [5.41, 5.74) is 1.14. The van der Waals surface area contributed by atoms with Crippen molar-refractivity contribution in [2.24, 2.45) is 0 Å². The quantitative estimate of drug-likeness (QED) is 0.827. The van der Waals surface area contributed by atoms with Crippen molar-refractivity contribution in [3.8, 4) is 0 Å². The molecule has 2 rings (SSSR count). The molecule has 2 N–H and O–H groups in total. The van der Waals surface area contributed by atoms with Crippen LogP contribution in [0.5, 0.6) is 0 Å². The lowest BCUT2D eigenvalue weighted by Gasteiger charge is -2.31. The van der Waals surface area contributed by atoms with Crippen molar-refractivity contribution in [1.29, 1.82) is 0 Å². The highest BCUT2D eigenvalue weighted by molar-refractivity contribution is 5.49. The van der Waals surface area contributed by atoms with Crippen LogP contribution in [0.3, 0.4) is 0 Å². The monoisotopic (exact) mass is 239 g/mol. The molecule has 0 amide bonds. The van der Waals surface area contributed by atoms with Crippen LogP contribution in [0.15, 0.2) is 18.2 Å². The van der Waals surface area contributed by atoms with Crippen LogP contribution in [0, 0.1) is 5.82 Å². The standard InChI is InChI=1S/C13H18FNO2/c1-9(16)10-2-3-13(12(14)8-10)15-6-4-11(17)5-7-15/h2-3,8-9,11,16-17H,4-7H2,1H3/t9-/m0/s1.